The van der Waals surface area contributed by atoms with Gasteiger partial charge in [0.2, 0.25) is 0 Å². The van der Waals surface area contributed by atoms with Gasteiger partial charge in [-0.1, -0.05) is 0 Å². The standard InChI is InChI=1S/C20H25F2N5O3/c1-24-20(25-11-16-8-9-17(29-16)18(23)28)26-13-3-2-10-27(12-13)14-4-6-15(7-5-14)30-19(21)22/h4-9,13,19H,2-3,10-12H2,1H3,(H2,23,28)(H2,24,25,26). The lowest BCUT2D eigenvalue weighted by Crippen LogP contribution is -2.51. The lowest BCUT2D eigenvalue weighted by Gasteiger charge is -2.35. The van der Waals surface area contributed by atoms with Crippen LogP contribution in [0.1, 0.15) is 29.2 Å². The second-order valence-corrected chi connectivity index (χ2v) is 6.86. The fourth-order valence-corrected chi connectivity index (χ4v) is 3.33. The van der Waals surface area contributed by atoms with E-state index in [0.717, 1.165) is 31.6 Å². The van der Waals surface area contributed by atoms with Crippen LogP contribution in [0.4, 0.5) is 14.5 Å². The zero-order chi connectivity index (χ0) is 21.5. The summed E-state index contributed by atoms with van der Waals surface area (Å²) in [5.41, 5.74) is 6.13. The summed E-state index contributed by atoms with van der Waals surface area (Å²) in [5, 5.41) is 6.54. The predicted molar refractivity (Wildman–Crippen MR) is 109 cm³/mol. The average molecular weight is 421 g/mol. The summed E-state index contributed by atoms with van der Waals surface area (Å²) in [4.78, 5) is 17.5. The molecule has 1 aliphatic rings. The number of hydrogen-bond acceptors (Lipinski definition) is 5. The number of halogens is 2. The van der Waals surface area contributed by atoms with Gasteiger partial charge in [0.25, 0.3) is 5.91 Å². The molecule has 1 aromatic heterocycles. The molecule has 0 spiro atoms. The number of ether oxygens (including phenoxy) is 1. The lowest BCUT2D eigenvalue weighted by molar-refractivity contribution is -0.0498. The van der Waals surface area contributed by atoms with E-state index in [2.05, 4.69) is 25.3 Å². The van der Waals surface area contributed by atoms with E-state index in [1.54, 1.807) is 37.4 Å². The van der Waals surface area contributed by atoms with E-state index in [9.17, 15) is 13.6 Å². The number of hydrogen-bond donors (Lipinski definition) is 3. The Morgan fingerprint density at radius 3 is 2.73 bits per heavy atom. The van der Waals surface area contributed by atoms with E-state index in [1.807, 2.05) is 0 Å². The zero-order valence-corrected chi connectivity index (χ0v) is 16.6. The molecule has 0 bridgehead atoms. The molecule has 1 aromatic carbocycles. The van der Waals surface area contributed by atoms with Crippen LogP contribution < -0.4 is 26.0 Å². The van der Waals surface area contributed by atoms with Gasteiger partial charge in [0, 0.05) is 31.9 Å². The van der Waals surface area contributed by atoms with E-state index in [1.165, 1.54) is 6.07 Å². The Hall–Kier alpha value is -3.30. The molecular formula is C20H25F2N5O3. The number of nitrogens with one attached hydrogen (secondary N) is 2. The molecule has 1 aliphatic heterocycles. The molecule has 2 heterocycles. The summed E-state index contributed by atoms with van der Waals surface area (Å²) in [6.07, 6.45) is 1.94. The van der Waals surface area contributed by atoms with Crippen molar-refractivity contribution in [1.82, 2.24) is 10.6 Å². The van der Waals surface area contributed by atoms with Crippen molar-refractivity contribution in [3.8, 4) is 5.75 Å². The predicted octanol–water partition coefficient (Wildman–Crippen LogP) is 2.31. The Labute approximate surface area is 173 Å². The largest absolute Gasteiger partial charge is 0.454 e. The summed E-state index contributed by atoms with van der Waals surface area (Å²) in [6.45, 7) is -0.860. The van der Waals surface area contributed by atoms with Gasteiger partial charge in [-0.2, -0.15) is 8.78 Å². The molecule has 162 valence electrons. The lowest BCUT2D eigenvalue weighted by atomic mass is 10.0. The van der Waals surface area contributed by atoms with Gasteiger partial charge in [-0.25, -0.2) is 0 Å². The van der Waals surface area contributed by atoms with Crippen molar-refractivity contribution < 1.29 is 22.7 Å². The molecule has 0 radical (unpaired) electrons. The number of nitrogens with zero attached hydrogens (tertiary/aromatic N) is 2. The maximum absolute atomic E-state index is 12.3. The molecule has 30 heavy (non-hydrogen) atoms. The van der Waals surface area contributed by atoms with Crippen LogP contribution >= 0.6 is 0 Å². The van der Waals surface area contributed by atoms with Gasteiger partial charge >= 0.3 is 6.61 Å². The van der Waals surface area contributed by atoms with E-state index in [4.69, 9.17) is 10.2 Å². The third kappa shape index (κ3) is 5.85. The number of nitrogens with two attached hydrogens (primary N) is 1. The van der Waals surface area contributed by atoms with Gasteiger partial charge < -0.3 is 30.4 Å². The van der Waals surface area contributed by atoms with Crippen molar-refractivity contribution in [1.29, 1.82) is 0 Å². The molecule has 4 N–H and O–H groups in total. The van der Waals surface area contributed by atoms with E-state index < -0.39 is 12.5 Å². The van der Waals surface area contributed by atoms with Crippen LogP contribution in [0, 0.1) is 0 Å². The molecule has 8 nitrogen and oxygen atoms in total. The Bertz CT molecular complexity index is 870. The van der Waals surface area contributed by atoms with Crippen molar-refractivity contribution in [2.75, 3.05) is 25.0 Å². The zero-order valence-electron chi connectivity index (χ0n) is 16.6. The summed E-state index contributed by atoms with van der Waals surface area (Å²) >= 11 is 0. The summed E-state index contributed by atoms with van der Waals surface area (Å²) in [7, 11) is 1.68. The Kier molecular flexibility index (Phi) is 7.10. The Morgan fingerprint density at radius 1 is 1.33 bits per heavy atom. The number of carbonyl (C=O) groups is 1. The number of anilines is 1. The van der Waals surface area contributed by atoms with E-state index in [0.29, 0.717) is 18.3 Å². The molecule has 1 fully saturated rings. The average Bonchev–Trinajstić information content (AvgIpc) is 3.21. The van der Waals surface area contributed by atoms with Crippen molar-refractivity contribution in [3.63, 3.8) is 0 Å². The molecule has 1 atom stereocenters. The molecule has 0 saturated carbocycles. The van der Waals surface area contributed by atoms with Crippen LogP contribution in [0.5, 0.6) is 5.75 Å². The van der Waals surface area contributed by atoms with Crippen LogP contribution in [0.2, 0.25) is 0 Å². The topological polar surface area (TPSA) is 105 Å². The van der Waals surface area contributed by atoms with Crippen molar-refractivity contribution in [2.45, 2.75) is 32.0 Å². The minimum atomic E-state index is -2.83. The smallest absolute Gasteiger partial charge is 0.387 e. The minimum absolute atomic E-state index is 0.114. The molecule has 1 unspecified atom stereocenters. The molecule has 1 amide bonds. The van der Waals surface area contributed by atoms with E-state index >= 15 is 0 Å². The fourth-order valence-electron chi connectivity index (χ4n) is 3.33. The van der Waals surface area contributed by atoms with Gasteiger partial charge in [0.1, 0.15) is 11.5 Å². The number of primary amides is 1. The quantitative estimate of drug-likeness (QED) is 0.468. The van der Waals surface area contributed by atoms with Gasteiger partial charge in [-0.15, -0.1) is 0 Å². The number of piperidine rings is 1. The first-order valence-corrected chi connectivity index (χ1v) is 9.60. The van der Waals surface area contributed by atoms with Gasteiger partial charge in [0.15, 0.2) is 11.7 Å². The normalized spacial score (nSPS) is 17.1. The molecule has 2 aromatic rings. The highest BCUT2D eigenvalue weighted by Gasteiger charge is 2.21. The number of carbonyl (C=O) groups excluding carboxylic acids is 1. The van der Waals surface area contributed by atoms with Gasteiger partial charge in [0.05, 0.1) is 6.54 Å². The number of alkyl halides is 2. The van der Waals surface area contributed by atoms with Crippen molar-refractivity contribution >= 4 is 17.6 Å². The van der Waals surface area contributed by atoms with Crippen molar-refractivity contribution in [2.24, 2.45) is 10.7 Å². The highest BCUT2D eigenvalue weighted by molar-refractivity contribution is 5.89. The first kappa shape index (κ1) is 21.4. The summed E-state index contributed by atoms with van der Waals surface area (Å²) < 4.78 is 34.4. The van der Waals surface area contributed by atoms with Crippen LogP contribution in [0.25, 0.3) is 0 Å². The summed E-state index contributed by atoms with van der Waals surface area (Å²) in [6, 6.07) is 10.0. The van der Waals surface area contributed by atoms with Crippen LogP contribution in [-0.4, -0.2) is 44.7 Å². The maximum Gasteiger partial charge on any atom is 0.387 e. The molecule has 1 saturated heterocycles. The third-order valence-electron chi connectivity index (χ3n) is 4.75. The van der Waals surface area contributed by atoms with Gasteiger partial charge in [-0.3, -0.25) is 9.79 Å². The van der Waals surface area contributed by atoms with Crippen LogP contribution in [-0.2, 0) is 6.54 Å². The Balaban J connectivity index is 1.53. The first-order chi connectivity index (χ1) is 14.4. The molecule has 10 heteroatoms. The highest BCUT2D eigenvalue weighted by Crippen LogP contribution is 2.23. The number of benzene rings is 1. The number of furan rings is 1. The SMILES string of the molecule is CN=C(NCc1ccc(C(N)=O)o1)NC1CCCN(c2ccc(OC(F)F)cc2)C1. The van der Waals surface area contributed by atoms with Crippen LogP contribution in [0.15, 0.2) is 45.8 Å². The number of amides is 1. The number of aliphatic imine (C=N–C) groups is 1. The minimum Gasteiger partial charge on any atom is -0.454 e. The van der Waals surface area contributed by atoms with Crippen LogP contribution in [0.3, 0.4) is 0 Å². The van der Waals surface area contributed by atoms with E-state index in [-0.39, 0.29) is 17.6 Å². The van der Waals surface area contributed by atoms with Gasteiger partial charge in [-0.05, 0) is 49.2 Å². The second-order valence-electron chi connectivity index (χ2n) is 6.86. The second kappa shape index (κ2) is 9.95. The molecule has 0 aliphatic carbocycles. The monoisotopic (exact) mass is 421 g/mol. The number of rotatable bonds is 7. The van der Waals surface area contributed by atoms with Crippen molar-refractivity contribution in [3.05, 3.63) is 47.9 Å². The number of guanidine groups is 1. The third-order valence-corrected chi connectivity index (χ3v) is 4.75. The fraction of sp³-hybridized carbons (Fsp3) is 0.400. The summed E-state index contributed by atoms with van der Waals surface area (Å²) in [5.74, 6) is 0.827. The molecular weight excluding hydrogens is 396 g/mol. The Morgan fingerprint density at radius 2 is 2.10 bits per heavy atom. The first-order valence-electron chi connectivity index (χ1n) is 9.60. The maximum atomic E-state index is 12.3. The highest BCUT2D eigenvalue weighted by atomic mass is 19.3. The molecule has 3 rings (SSSR count).